The van der Waals surface area contributed by atoms with E-state index in [2.05, 4.69) is 17.0 Å². The van der Waals surface area contributed by atoms with Crippen LogP contribution >= 0.6 is 0 Å². The predicted octanol–water partition coefficient (Wildman–Crippen LogP) is 1.61. The fourth-order valence-electron chi connectivity index (χ4n) is 5.96. The van der Waals surface area contributed by atoms with Crippen molar-refractivity contribution in [2.45, 2.75) is 55.9 Å². The second-order valence-corrected chi connectivity index (χ2v) is 11.6. The molecule has 9 heteroatoms. The SMILES string of the molecule is NC(=O)[C@]12CCCCN1S(=O)(=O)N(c1ccc(C3(CCN4CCOCC4)CCC3)cc1)C2. The van der Waals surface area contributed by atoms with Crippen LogP contribution in [0.4, 0.5) is 5.69 Å². The summed E-state index contributed by atoms with van der Waals surface area (Å²) in [5.74, 6) is -0.545. The van der Waals surface area contributed by atoms with Gasteiger partial charge in [0.25, 0.3) is 0 Å². The number of carbonyl (C=O) groups is 1. The molecule has 1 saturated carbocycles. The lowest BCUT2D eigenvalue weighted by molar-refractivity contribution is -0.127. The zero-order chi connectivity index (χ0) is 22.4. The van der Waals surface area contributed by atoms with Crippen LogP contribution in [-0.2, 0) is 25.2 Å². The van der Waals surface area contributed by atoms with Crippen LogP contribution in [0.3, 0.4) is 0 Å². The molecule has 32 heavy (non-hydrogen) atoms. The number of anilines is 1. The molecule has 1 amide bonds. The summed E-state index contributed by atoms with van der Waals surface area (Å²) >= 11 is 0. The van der Waals surface area contributed by atoms with Crippen molar-refractivity contribution in [3.05, 3.63) is 29.8 Å². The molecular weight excluding hydrogens is 428 g/mol. The van der Waals surface area contributed by atoms with Crippen LogP contribution in [-0.4, -0.2) is 75.0 Å². The largest absolute Gasteiger partial charge is 0.379 e. The molecule has 0 spiro atoms. The van der Waals surface area contributed by atoms with Crippen LogP contribution in [0, 0.1) is 0 Å². The summed E-state index contributed by atoms with van der Waals surface area (Å²) in [6.45, 7) is 5.16. The Balaban J connectivity index is 1.35. The molecule has 1 aromatic rings. The van der Waals surface area contributed by atoms with E-state index < -0.39 is 21.7 Å². The van der Waals surface area contributed by atoms with Crippen molar-refractivity contribution in [2.75, 3.05) is 50.2 Å². The Morgan fingerprint density at radius 1 is 1.00 bits per heavy atom. The van der Waals surface area contributed by atoms with E-state index in [4.69, 9.17) is 10.5 Å². The van der Waals surface area contributed by atoms with Gasteiger partial charge in [-0.15, -0.1) is 0 Å². The van der Waals surface area contributed by atoms with Crippen molar-refractivity contribution in [1.82, 2.24) is 9.21 Å². The average molecular weight is 463 g/mol. The number of primary amides is 1. The van der Waals surface area contributed by atoms with Gasteiger partial charge in [0.2, 0.25) is 5.91 Å². The minimum atomic E-state index is -3.76. The van der Waals surface area contributed by atoms with Crippen LogP contribution in [0.15, 0.2) is 24.3 Å². The van der Waals surface area contributed by atoms with E-state index in [1.165, 1.54) is 33.4 Å². The summed E-state index contributed by atoms with van der Waals surface area (Å²) in [5.41, 5.74) is 6.70. The number of amides is 1. The fraction of sp³-hybridized carbons (Fsp3) is 0.696. The van der Waals surface area contributed by atoms with E-state index >= 15 is 0 Å². The lowest BCUT2D eigenvalue weighted by atomic mass is 9.62. The second kappa shape index (κ2) is 8.27. The Labute approximate surface area is 190 Å². The Kier molecular flexibility index (Phi) is 5.72. The van der Waals surface area contributed by atoms with Crippen molar-refractivity contribution in [3.63, 3.8) is 0 Å². The third-order valence-corrected chi connectivity index (χ3v) is 10.2. The number of rotatable bonds is 6. The van der Waals surface area contributed by atoms with Crippen LogP contribution in [0.1, 0.15) is 50.5 Å². The highest BCUT2D eigenvalue weighted by Gasteiger charge is 2.59. The first-order chi connectivity index (χ1) is 15.4. The number of morpholine rings is 1. The first kappa shape index (κ1) is 22.1. The van der Waals surface area contributed by atoms with Gasteiger partial charge in [-0.05, 0) is 68.2 Å². The molecule has 2 N–H and O–H groups in total. The molecule has 0 aromatic heterocycles. The van der Waals surface area contributed by atoms with Gasteiger partial charge >= 0.3 is 10.2 Å². The Morgan fingerprint density at radius 3 is 2.31 bits per heavy atom. The molecule has 4 aliphatic rings. The first-order valence-electron chi connectivity index (χ1n) is 11.9. The first-order valence-corrected chi connectivity index (χ1v) is 13.3. The van der Waals surface area contributed by atoms with Crippen LogP contribution in [0.25, 0.3) is 0 Å². The lowest BCUT2D eigenvalue weighted by Crippen LogP contribution is -2.58. The molecule has 4 fully saturated rings. The normalized spacial score (nSPS) is 29.9. The standard InChI is InChI=1S/C23H34N4O4S/c24-21(28)23-10-1-2-12-27(23)32(29,30)26(18-23)20-6-4-19(5-7-20)22(8-3-9-22)11-13-25-14-16-31-17-15-25/h4-7H,1-3,8-18H2,(H2,24,28)/t23-/m1/s1. The molecule has 3 aliphatic heterocycles. The number of nitrogens with zero attached hydrogens (tertiary/aromatic N) is 3. The fourth-order valence-corrected chi connectivity index (χ4v) is 8.00. The Morgan fingerprint density at radius 2 is 1.72 bits per heavy atom. The summed E-state index contributed by atoms with van der Waals surface area (Å²) in [7, 11) is -3.76. The van der Waals surface area contributed by atoms with E-state index in [1.807, 2.05) is 12.1 Å². The number of fused-ring (bicyclic) bond motifs is 1. The van der Waals surface area contributed by atoms with Crippen LogP contribution in [0.2, 0.25) is 0 Å². The van der Waals surface area contributed by atoms with E-state index in [0.717, 1.165) is 52.1 Å². The number of piperidine rings is 1. The molecule has 3 heterocycles. The summed E-state index contributed by atoms with van der Waals surface area (Å²) in [6.07, 6.45) is 6.77. The van der Waals surface area contributed by atoms with Crippen molar-refractivity contribution in [1.29, 1.82) is 0 Å². The van der Waals surface area contributed by atoms with Gasteiger partial charge in [0, 0.05) is 19.6 Å². The smallest absolute Gasteiger partial charge is 0.305 e. The number of benzene rings is 1. The number of hydrogen-bond donors (Lipinski definition) is 1. The van der Waals surface area contributed by atoms with Crippen molar-refractivity contribution in [2.24, 2.45) is 5.73 Å². The van der Waals surface area contributed by atoms with E-state index in [1.54, 1.807) is 0 Å². The number of carbonyl (C=O) groups excluding carboxylic acids is 1. The monoisotopic (exact) mass is 462 g/mol. The maximum atomic E-state index is 13.3. The predicted molar refractivity (Wildman–Crippen MR) is 123 cm³/mol. The second-order valence-electron chi connectivity index (χ2n) is 9.82. The third-order valence-electron chi connectivity index (χ3n) is 8.19. The minimum absolute atomic E-state index is 0.103. The van der Waals surface area contributed by atoms with Crippen LogP contribution in [0.5, 0.6) is 0 Å². The molecule has 0 bridgehead atoms. The van der Waals surface area contributed by atoms with Gasteiger partial charge < -0.3 is 10.5 Å². The molecule has 5 rings (SSSR count). The van der Waals surface area contributed by atoms with Crippen molar-refractivity contribution < 1.29 is 17.9 Å². The third kappa shape index (κ3) is 3.54. The van der Waals surface area contributed by atoms with E-state index in [9.17, 15) is 13.2 Å². The van der Waals surface area contributed by atoms with Gasteiger partial charge in [0.1, 0.15) is 5.54 Å². The number of ether oxygens (including phenoxy) is 1. The number of nitrogens with two attached hydrogens (primary N) is 1. The molecular formula is C23H34N4O4S. The van der Waals surface area contributed by atoms with Gasteiger partial charge in [0.05, 0.1) is 25.4 Å². The van der Waals surface area contributed by atoms with Gasteiger partial charge in [-0.2, -0.15) is 12.7 Å². The summed E-state index contributed by atoms with van der Waals surface area (Å²) in [6, 6.07) is 8.01. The average Bonchev–Trinajstić information content (AvgIpc) is 3.03. The molecule has 0 radical (unpaired) electrons. The Bertz CT molecular complexity index is 957. The maximum Gasteiger partial charge on any atom is 0.305 e. The van der Waals surface area contributed by atoms with E-state index in [-0.39, 0.29) is 12.0 Å². The summed E-state index contributed by atoms with van der Waals surface area (Å²) < 4.78 is 34.8. The van der Waals surface area contributed by atoms with Crippen LogP contribution < -0.4 is 10.0 Å². The quantitative estimate of drug-likeness (QED) is 0.693. The lowest BCUT2D eigenvalue weighted by Gasteiger charge is -2.44. The highest BCUT2D eigenvalue weighted by Crippen LogP contribution is 2.47. The van der Waals surface area contributed by atoms with Gasteiger partial charge in [-0.1, -0.05) is 18.6 Å². The highest BCUT2D eigenvalue weighted by atomic mass is 32.2. The molecule has 8 nitrogen and oxygen atoms in total. The molecule has 3 saturated heterocycles. The topological polar surface area (TPSA) is 96.2 Å². The van der Waals surface area contributed by atoms with Crippen molar-refractivity contribution >= 4 is 21.8 Å². The summed E-state index contributed by atoms with van der Waals surface area (Å²) in [5, 5.41) is 0. The highest BCUT2D eigenvalue weighted by molar-refractivity contribution is 7.90. The van der Waals surface area contributed by atoms with Crippen molar-refractivity contribution in [3.8, 4) is 0 Å². The molecule has 1 atom stereocenters. The van der Waals surface area contributed by atoms with E-state index in [0.29, 0.717) is 18.7 Å². The maximum absolute atomic E-state index is 13.3. The molecule has 0 unspecified atom stereocenters. The zero-order valence-corrected chi connectivity index (χ0v) is 19.5. The minimum Gasteiger partial charge on any atom is -0.379 e. The van der Waals surface area contributed by atoms with Gasteiger partial charge in [-0.25, -0.2) is 0 Å². The Hall–Kier alpha value is -1.68. The molecule has 1 aliphatic carbocycles. The zero-order valence-electron chi connectivity index (χ0n) is 18.7. The van der Waals surface area contributed by atoms with Gasteiger partial charge in [-0.3, -0.25) is 14.0 Å². The van der Waals surface area contributed by atoms with Gasteiger partial charge in [0.15, 0.2) is 0 Å². The number of hydrogen-bond acceptors (Lipinski definition) is 5. The molecule has 176 valence electrons. The summed E-state index contributed by atoms with van der Waals surface area (Å²) in [4.78, 5) is 14.8. The molecule has 1 aromatic carbocycles.